The summed E-state index contributed by atoms with van der Waals surface area (Å²) in [6.07, 6.45) is 2.21. The van der Waals surface area contributed by atoms with Crippen LogP contribution in [0.4, 0.5) is 5.69 Å². The van der Waals surface area contributed by atoms with Crippen LogP contribution in [0.2, 0.25) is 0 Å². The Kier molecular flexibility index (Phi) is 2.70. The molecule has 0 bridgehead atoms. The maximum Gasteiger partial charge on any atom is 0.294 e. The number of hydrogen-bond acceptors (Lipinski definition) is 4. The van der Waals surface area contributed by atoms with Crippen molar-refractivity contribution < 1.29 is 9.72 Å². The number of nitro benzene ring substituents is 1. The van der Waals surface area contributed by atoms with Crippen molar-refractivity contribution in [3.63, 3.8) is 0 Å². The van der Waals surface area contributed by atoms with Gasteiger partial charge in [-0.3, -0.25) is 14.9 Å². The molecule has 0 saturated carbocycles. The molecule has 0 aliphatic rings. The standard InChI is InChI=1S/C11H9N3O3/c1-8-6-13(12-9(8)7-15)10-4-2-3-5-11(10)14(16)17/h2-7H,1H3. The van der Waals surface area contributed by atoms with Crippen molar-refractivity contribution in [1.82, 2.24) is 9.78 Å². The van der Waals surface area contributed by atoms with Crippen LogP contribution in [0, 0.1) is 17.0 Å². The van der Waals surface area contributed by atoms with Gasteiger partial charge in [0.2, 0.25) is 0 Å². The Morgan fingerprint density at radius 2 is 2.12 bits per heavy atom. The highest BCUT2D eigenvalue weighted by molar-refractivity contribution is 5.74. The van der Waals surface area contributed by atoms with E-state index in [1.807, 2.05) is 0 Å². The number of carbonyl (C=O) groups is 1. The van der Waals surface area contributed by atoms with Gasteiger partial charge in [-0.25, -0.2) is 4.68 Å². The third-order valence-corrected chi connectivity index (χ3v) is 2.37. The van der Waals surface area contributed by atoms with Crippen LogP contribution in [0.1, 0.15) is 16.1 Å². The molecule has 2 aromatic rings. The molecule has 0 radical (unpaired) electrons. The van der Waals surface area contributed by atoms with Crippen molar-refractivity contribution >= 4 is 12.0 Å². The Morgan fingerprint density at radius 1 is 1.41 bits per heavy atom. The first kappa shape index (κ1) is 11.0. The number of aromatic nitrogens is 2. The van der Waals surface area contributed by atoms with Gasteiger partial charge in [-0.05, 0) is 18.6 Å². The van der Waals surface area contributed by atoms with E-state index >= 15 is 0 Å². The van der Waals surface area contributed by atoms with E-state index < -0.39 is 4.92 Å². The lowest BCUT2D eigenvalue weighted by Crippen LogP contribution is -2.00. The van der Waals surface area contributed by atoms with Crippen LogP contribution in [0.3, 0.4) is 0 Å². The molecule has 1 heterocycles. The molecular formula is C11H9N3O3. The monoisotopic (exact) mass is 231 g/mol. The second-order valence-corrected chi connectivity index (χ2v) is 3.51. The van der Waals surface area contributed by atoms with E-state index in [9.17, 15) is 14.9 Å². The summed E-state index contributed by atoms with van der Waals surface area (Å²) in [6, 6.07) is 6.24. The molecule has 0 amide bonds. The van der Waals surface area contributed by atoms with Crippen LogP contribution < -0.4 is 0 Å². The molecule has 0 atom stereocenters. The maximum atomic E-state index is 10.9. The van der Waals surface area contributed by atoms with E-state index in [0.717, 1.165) is 0 Å². The summed E-state index contributed by atoms with van der Waals surface area (Å²) >= 11 is 0. The zero-order valence-electron chi connectivity index (χ0n) is 9.03. The minimum Gasteiger partial charge on any atom is -0.296 e. The predicted molar refractivity (Wildman–Crippen MR) is 60.3 cm³/mol. The number of para-hydroxylation sites is 2. The zero-order valence-corrected chi connectivity index (χ0v) is 9.03. The average molecular weight is 231 g/mol. The molecular weight excluding hydrogens is 222 g/mol. The van der Waals surface area contributed by atoms with Gasteiger partial charge in [-0.15, -0.1) is 0 Å². The summed E-state index contributed by atoms with van der Waals surface area (Å²) in [5.41, 5.74) is 1.25. The molecule has 0 unspecified atom stereocenters. The molecule has 17 heavy (non-hydrogen) atoms. The third kappa shape index (κ3) is 1.92. The second-order valence-electron chi connectivity index (χ2n) is 3.51. The van der Waals surface area contributed by atoms with Crippen molar-refractivity contribution in [2.24, 2.45) is 0 Å². The van der Waals surface area contributed by atoms with Crippen molar-refractivity contribution in [2.75, 3.05) is 0 Å². The van der Waals surface area contributed by atoms with Gasteiger partial charge in [0.25, 0.3) is 5.69 Å². The molecule has 2 rings (SSSR count). The van der Waals surface area contributed by atoms with Gasteiger partial charge in [-0.2, -0.15) is 5.10 Å². The first-order chi connectivity index (χ1) is 8.13. The lowest BCUT2D eigenvalue weighted by Gasteiger charge is -2.01. The van der Waals surface area contributed by atoms with Crippen molar-refractivity contribution in [1.29, 1.82) is 0 Å². The van der Waals surface area contributed by atoms with Crippen LogP contribution in [0.5, 0.6) is 0 Å². The van der Waals surface area contributed by atoms with E-state index in [1.165, 1.54) is 10.7 Å². The number of nitrogens with zero attached hydrogens (tertiary/aromatic N) is 3. The predicted octanol–water partition coefficient (Wildman–Crippen LogP) is 1.90. The van der Waals surface area contributed by atoms with Gasteiger partial charge in [0, 0.05) is 12.3 Å². The molecule has 0 spiro atoms. The maximum absolute atomic E-state index is 10.9. The molecule has 1 aromatic carbocycles. The van der Waals surface area contributed by atoms with Gasteiger partial charge in [0.05, 0.1) is 4.92 Å². The molecule has 0 saturated heterocycles. The van der Waals surface area contributed by atoms with Crippen LogP contribution in [0.15, 0.2) is 30.5 Å². The first-order valence-corrected chi connectivity index (χ1v) is 4.88. The number of nitro groups is 1. The lowest BCUT2D eigenvalue weighted by atomic mass is 10.2. The summed E-state index contributed by atoms with van der Waals surface area (Å²) in [5.74, 6) is 0. The van der Waals surface area contributed by atoms with Crippen molar-refractivity contribution in [3.05, 3.63) is 51.8 Å². The summed E-state index contributed by atoms with van der Waals surface area (Å²) in [7, 11) is 0. The van der Waals surface area contributed by atoms with Crippen LogP contribution in [-0.2, 0) is 0 Å². The summed E-state index contributed by atoms with van der Waals surface area (Å²) in [6.45, 7) is 1.72. The number of aldehydes is 1. The molecule has 0 aliphatic carbocycles. The van der Waals surface area contributed by atoms with E-state index in [2.05, 4.69) is 5.10 Å². The Bertz CT molecular complexity index is 589. The highest BCUT2D eigenvalue weighted by Gasteiger charge is 2.16. The van der Waals surface area contributed by atoms with E-state index in [-0.39, 0.29) is 11.4 Å². The van der Waals surface area contributed by atoms with Crippen LogP contribution in [0.25, 0.3) is 5.69 Å². The summed E-state index contributed by atoms with van der Waals surface area (Å²) < 4.78 is 1.34. The molecule has 0 N–H and O–H groups in total. The Balaban J connectivity index is 2.59. The third-order valence-electron chi connectivity index (χ3n) is 2.37. The van der Waals surface area contributed by atoms with Gasteiger partial charge in [-0.1, -0.05) is 12.1 Å². The minimum atomic E-state index is -0.479. The Hall–Kier alpha value is -2.50. The highest BCUT2D eigenvalue weighted by atomic mass is 16.6. The summed E-state index contributed by atoms with van der Waals surface area (Å²) in [5, 5.41) is 14.8. The highest BCUT2D eigenvalue weighted by Crippen LogP contribution is 2.22. The smallest absolute Gasteiger partial charge is 0.294 e. The van der Waals surface area contributed by atoms with Gasteiger partial charge in [0.1, 0.15) is 11.4 Å². The molecule has 86 valence electrons. The SMILES string of the molecule is Cc1cn(-c2ccccc2[N+](=O)[O-])nc1C=O. The first-order valence-electron chi connectivity index (χ1n) is 4.88. The number of carbonyl (C=O) groups excluding carboxylic acids is 1. The van der Waals surface area contributed by atoms with Crippen molar-refractivity contribution in [3.8, 4) is 5.69 Å². The number of aryl methyl sites for hydroxylation is 1. The molecule has 0 fully saturated rings. The Labute approximate surface area is 96.6 Å². The largest absolute Gasteiger partial charge is 0.296 e. The van der Waals surface area contributed by atoms with E-state index in [1.54, 1.807) is 31.3 Å². The fourth-order valence-corrected chi connectivity index (χ4v) is 1.53. The Morgan fingerprint density at radius 3 is 2.71 bits per heavy atom. The fraction of sp³-hybridized carbons (Fsp3) is 0.0909. The molecule has 6 nitrogen and oxygen atoms in total. The summed E-state index contributed by atoms with van der Waals surface area (Å²) in [4.78, 5) is 21.1. The molecule has 6 heteroatoms. The quantitative estimate of drug-likeness (QED) is 0.459. The molecule has 1 aromatic heterocycles. The normalized spacial score (nSPS) is 10.2. The van der Waals surface area contributed by atoms with Gasteiger partial charge in [0.15, 0.2) is 6.29 Å². The van der Waals surface area contributed by atoms with E-state index in [4.69, 9.17) is 0 Å². The number of hydrogen-bond donors (Lipinski definition) is 0. The zero-order chi connectivity index (χ0) is 12.4. The second kappa shape index (κ2) is 4.17. The van der Waals surface area contributed by atoms with E-state index in [0.29, 0.717) is 17.5 Å². The topological polar surface area (TPSA) is 78.0 Å². The van der Waals surface area contributed by atoms with Crippen molar-refractivity contribution in [2.45, 2.75) is 6.92 Å². The fourth-order valence-electron chi connectivity index (χ4n) is 1.53. The number of benzene rings is 1. The molecule has 0 aliphatic heterocycles. The van der Waals surface area contributed by atoms with Gasteiger partial charge < -0.3 is 0 Å². The van der Waals surface area contributed by atoms with Crippen LogP contribution >= 0.6 is 0 Å². The average Bonchev–Trinajstić information content (AvgIpc) is 2.70. The lowest BCUT2D eigenvalue weighted by molar-refractivity contribution is -0.384. The number of rotatable bonds is 3. The minimum absolute atomic E-state index is 0.0487. The van der Waals surface area contributed by atoms with Crippen LogP contribution in [-0.4, -0.2) is 21.0 Å². The van der Waals surface area contributed by atoms with Gasteiger partial charge >= 0.3 is 0 Å².